The first-order valence-corrected chi connectivity index (χ1v) is 4.89. The normalized spacial score (nSPS) is 10.2. The fourth-order valence-electron chi connectivity index (χ4n) is 1.05. The van der Waals surface area contributed by atoms with E-state index < -0.39 is 0 Å². The quantitative estimate of drug-likeness (QED) is 0.773. The molecule has 1 N–H and O–H groups in total. The highest BCUT2D eigenvalue weighted by Gasteiger charge is 1.99. The molecule has 0 bridgehead atoms. The SMILES string of the molecule is O=c1cc(-c2ccc(Cl)cc2)[nH]s1. The van der Waals surface area contributed by atoms with Crippen LogP contribution in [0.4, 0.5) is 0 Å². The van der Waals surface area contributed by atoms with Crippen LogP contribution in [0.5, 0.6) is 0 Å². The Morgan fingerprint density at radius 3 is 2.46 bits per heavy atom. The number of nitrogens with one attached hydrogen (secondary N) is 1. The molecule has 66 valence electrons. The van der Waals surface area contributed by atoms with Crippen LogP contribution in [0, 0.1) is 0 Å². The van der Waals surface area contributed by atoms with Gasteiger partial charge in [-0.05, 0) is 29.2 Å². The molecule has 0 fully saturated rings. The third-order valence-electron chi connectivity index (χ3n) is 1.68. The smallest absolute Gasteiger partial charge is 0.250 e. The maximum absolute atomic E-state index is 10.9. The second kappa shape index (κ2) is 3.36. The van der Waals surface area contributed by atoms with Crippen molar-refractivity contribution in [3.8, 4) is 11.3 Å². The first kappa shape index (κ1) is 8.53. The molecule has 0 saturated carbocycles. The van der Waals surface area contributed by atoms with Crippen LogP contribution in [-0.2, 0) is 0 Å². The van der Waals surface area contributed by atoms with E-state index in [0.29, 0.717) is 5.02 Å². The van der Waals surface area contributed by atoms with Crippen molar-refractivity contribution in [3.05, 3.63) is 44.9 Å². The van der Waals surface area contributed by atoms with E-state index in [9.17, 15) is 4.79 Å². The summed E-state index contributed by atoms with van der Waals surface area (Å²) in [6, 6.07) is 8.92. The maximum Gasteiger partial charge on any atom is 0.250 e. The molecule has 2 nitrogen and oxygen atoms in total. The maximum atomic E-state index is 10.9. The van der Waals surface area contributed by atoms with Gasteiger partial charge in [0.25, 0.3) is 0 Å². The Morgan fingerprint density at radius 1 is 1.23 bits per heavy atom. The zero-order valence-corrected chi connectivity index (χ0v) is 8.15. The lowest BCUT2D eigenvalue weighted by molar-refractivity contribution is 1.52. The predicted molar refractivity (Wildman–Crippen MR) is 55.4 cm³/mol. The summed E-state index contributed by atoms with van der Waals surface area (Å²) < 4.78 is 2.96. The highest BCUT2D eigenvalue weighted by molar-refractivity contribution is 7.03. The lowest BCUT2D eigenvalue weighted by atomic mass is 10.2. The minimum Gasteiger partial charge on any atom is -0.307 e. The number of H-pyrrole nitrogens is 1. The van der Waals surface area contributed by atoms with Gasteiger partial charge in [0.2, 0.25) is 4.74 Å². The van der Waals surface area contributed by atoms with Gasteiger partial charge in [-0.2, -0.15) is 0 Å². The first-order chi connectivity index (χ1) is 6.25. The molecule has 1 aromatic heterocycles. The second-order valence-electron chi connectivity index (χ2n) is 2.59. The fourth-order valence-corrected chi connectivity index (χ4v) is 1.74. The summed E-state index contributed by atoms with van der Waals surface area (Å²) in [4.78, 5) is 10.9. The van der Waals surface area contributed by atoms with E-state index in [4.69, 9.17) is 11.6 Å². The Bertz CT molecular complexity index is 457. The Balaban J connectivity index is 2.47. The summed E-state index contributed by atoms with van der Waals surface area (Å²) >= 11 is 6.82. The van der Waals surface area contributed by atoms with E-state index in [0.717, 1.165) is 22.8 Å². The van der Waals surface area contributed by atoms with Gasteiger partial charge in [0, 0.05) is 11.1 Å². The van der Waals surface area contributed by atoms with Crippen LogP contribution in [0.15, 0.2) is 35.1 Å². The Labute approximate surface area is 84.0 Å². The fraction of sp³-hybridized carbons (Fsp3) is 0. The van der Waals surface area contributed by atoms with Crippen molar-refractivity contribution in [2.75, 3.05) is 0 Å². The van der Waals surface area contributed by atoms with Crippen LogP contribution in [0.25, 0.3) is 11.3 Å². The largest absolute Gasteiger partial charge is 0.307 e. The average molecular weight is 212 g/mol. The van der Waals surface area contributed by atoms with Crippen molar-refractivity contribution in [1.29, 1.82) is 0 Å². The van der Waals surface area contributed by atoms with Crippen molar-refractivity contribution < 1.29 is 0 Å². The molecule has 0 radical (unpaired) electrons. The van der Waals surface area contributed by atoms with Gasteiger partial charge in [-0.3, -0.25) is 4.79 Å². The molecule has 4 heteroatoms. The second-order valence-corrected chi connectivity index (χ2v) is 3.84. The molecular weight excluding hydrogens is 206 g/mol. The third-order valence-corrected chi connectivity index (χ3v) is 2.57. The van der Waals surface area contributed by atoms with Crippen molar-refractivity contribution in [2.24, 2.45) is 0 Å². The minimum atomic E-state index is 0.0324. The monoisotopic (exact) mass is 211 g/mol. The molecule has 0 atom stereocenters. The molecule has 0 spiro atoms. The number of hydrogen-bond acceptors (Lipinski definition) is 2. The van der Waals surface area contributed by atoms with Crippen LogP contribution in [-0.4, -0.2) is 4.37 Å². The summed E-state index contributed by atoms with van der Waals surface area (Å²) in [6.07, 6.45) is 0. The Morgan fingerprint density at radius 2 is 1.92 bits per heavy atom. The summed E-state index contributed by atoms with van der Waals surface area (Å²) in [5.41, 5.74) is 1.81. The molecule has 0 aliphatic carbocycles. The van der Waals surface area contributed by atoms with E-state index in [1.807, 2.05) is 12.1 Å². The Hall–Kier alpha value is -1.06. The lowest BCUT2D eigenvalue weighted by Crippen LogP contribution is -1.81. The number of benzene rings is 1. The molecule has 0 aliphatic rings. The van der Waals surface area contributed by atoms with Crippen LogP contribution < -0.4 is 4.74 Å². The number of aromatic amines is 1. The molecular formula is C9H6ClNOS. The number of rotatable bonds is 1. The van der Waals surface area contributed by atoms with E-state index in [1.165, 1.54) is 0 Å². The number of hydrogen-bond donors (Lipinski definition) is 1. The molecule has 1 aromatic carbocycles. The number of aromatic nitrogens is 1. The standard InChI is InChI=1S/C9H6ClNOS/c10-7-3-1-6(2-4-7)8-5-9(12)13-11-8/h1-5,11H. The first-order valence-electron chi connectivity index (χ1n) is 3.70. The van der Waals surface area contributed by atoms with Crippen molar-refractivity contribution >= 4 is 23.1 Å². The summed E-state index contributed by atoms with van der Waals surface area (Å²) in [6.45, 7) is 0. The Kier molecular flexibility index (Phi) is 2.20. The van der Waals surface area contributed by atoms with Gasteiger partial charge in [0.1, 0.15) is 0 Å². The lowest BCUT2D eigenvalue weighted by Gasteiger charge is -1.95. The topological polar surface area (TPSA) is 32.9 Å². The van der Waals surface area contributed by atoms with Crippen molar-refractivity contribution in [1.82, 2.24) is 4.37 Å². The van der Waals surface area contributed by atoms with E-state index in [2.05, 4.69) is 4.37 Å². The van der Waals surface area contributed by atoms with Gasteiger partial charge in [-0.15, -0.1) is 0 Å². The van der Waals surface area contributed by atoms with E-state index >= 15 is 0 Å². The summed E-state index contributed by atoms with van der Waals surface area (Å²) in [7, 11) is 0. The van der Waals surface area contributed by atoms with Crippen molar-refractivity contribution in [3.63, 3.8) is 0 Å². The van der Waals surface area contributed by atoms with Gasteiger partial charge in [0.05, 0.1) is 5.69 Å². The van der Waals surface area contributed by atoms with E-state index in [1.54, 1.807) is 18.2 Å². The zero-order valence-electron chi connectivity index (χ0n) is 6.58. The van der Waals surface area contributed by atoms with Gasteiger partial charge in [-0.1, -0.05) is 23.7 Å². The van der Waals surface area contributed by atoms with Crippen LogP contribution >= 0.6 is 23.1 Å². The molecule has 1 heterocycles. The van der Waals surface area contributed by atoms with E-state index in [-0.39, 0.29) is 4.74 Å². The summed E-state index contributed by atoms with van der Waals surface area (Å²) in [5.74, 6) is 0. The zero-order chi connectivity index (χ0) is 9.26. The average Bonchev–Trinajstić information content (AvgIpc) is 2.53. The van der Waals surface area contributed by atoms with Gasteiger partial charge >= 0.3 is 0 Å². The van der Waals surface area contributed by atoms with Gasteiger partial charge in [0.15, 0.2) is 0 Å². The molecule has 2 rings (SSSR count). The van der Waals surface area contributed by atoms with Crippen molar-refractivity contribution in [2.45, 2.75) is 0 Å². The predicted octanol–water partition coefficient (Wildman–Crippen LogP) is 2.76. The van der Waals surface area contributed by atoms with Crippen LogP contribution in [0.3, 0.4) is 0 Å². The van der Waals surface area contributed by atoms with Crippen LogP contribution in [0.1, 0.15) is 0 Å². The molecule has 0 unspecified atom stereocenters. The highest BCUT2D eigenvalue weighted by Crippen LogP contribution is 2.18. The van der Waals surface area contributed by atoms with Crippen LogP contribution in [0.2, 0.25) is 5.02 Å². The molecule has 0 saturated heterocycles. The molecule has 2 aromatic rings. The number of halogens is 1. The molecule has 0 aliphatic heterocycles. The van der Waals surface area contributed by atoms with Gasteiger partial charge in [-0.25, -0.2) is 0 Å². The highest BCUT2D eigenvalue weighted by atomic mass is 35.5. The summed E-state index contributed by atoms with van der Waals surface area (Å²) in [5, 5.41) is 0.696. The molecule has 0 amide bonds. The molecule has 13 heavy (non-hydrogen) atoms. The third kappa shape index (κ3) is 1.82. The minimum absolute atomic E-state index is 0.0324. The van der Waals surface area contributed by atoms with Gasteiger partial charge < -0.3 is 4.37 Å².